The van der Waals surface area contributed by atoms with Crippen molar-refractivity contribution >= 4 is 12.0 Å². The van der Waals surface area contributed by atoms with Crippen LogP contribution in [0.1, 0.15) is 20.3 Å². The van der Waals surface area contributed by atoms with Gasteiger partial charge in [0.2, 0.25) is 0 Å². The van der Waals surface area contributed by atoms with E-state index < -0.39 is 5.97 Å². The molecule has 7 nitrogen and oxygen atoms in total. The second-order valence-corrected chi connectivity index (χ2v) is 4.46. The van der Waals surface area contributed by atoms with Gasteiger partial charge in [-0.3, -0.25) is 4.79 Å². The van der Waals surface area contributed by atoms with Crippen molar-refractivity contribution in [3.63, 3.8) is 0 Å². The van der Waals surface area contributed by atoms with E-state index in [0.29, 0.717) is 13.1 Å². The molecule has 1 heterocycles. The van der Waals surface area contributed by atoms with E-state index in [1.54, 1.807) is 12.5 Å². The molecule has 19 heavy (non-hydrogen) atoms. The minimum atomic E-state index is -0.906. The van der Waals surface area contributed by atoms with Gasteiger partial charge in [0.1, 0.15) is 0 Å². The summed E-state index contributed by atoms with van der Waals surface area (Å²) in [5.41, 5.74) is 0. The maximum Gasteiger partial charge on any atom is 0.317 e. The van der Waals surface area contributed by atoms with Crippen LogP contribution in [0.5, 0.6) is 0 Å². The fourth-order valence-electron chi connectivity index (χ4n) is 1.62. The number of nitrogens with zero attached hydrogens (tertiary/aromatic N) is 3. The van der Waals surface area contributed by atoms with Gasteiger partial charge in [0.05, 0.1) is 12.7 Å². The molecular formula is C12H20N4O3. The Morgan fingerprint density at radius 3 is 2.74 bits per heavy atom. The lowest BCUT2D eigenvalue weighted by atomic mass is 10.3. The summed E-state index contributed by atoms with van der Waals surface area (Å²) in [5.74, 6) is -0.906. The fraction of sp³-hybridized carbons (Fsp3) is 0.583. The molecule has 0 saturated heterocycles. The molecule has 0 atom stereocenters. The number of nitrogens with one attached hydrogen (secondary N) is 1. The summed E-state index contributed by atoms with van der Waals surface area (Å²) in [5, 5.41) is 11.4. The molecule has 1 aromatic rings. The third-order valence-corrected chi connectivity index (χ3v) is 2.66. The number of carbonyl (C=O) groups is 2. The average Bonchev–Trinajstić information content (AvgIpc) is 2.81. The Morgan fingerprint density at radius 2 is 2.21 bits per heavy atom. The molecule has 0 aliphatic heterocycles. The van der Waals surface area contributed by atoms with Gasteiger partial charge in [0.25, 0.3) is 0 Å². The highest BCUT2D eigenvalue weighted by molar-refractivity contribution is 5.75. The Morgan fingerprint density at radius 1 is 1.47 bits per heavy atom. The van der Waals surface area contributed by atoms with Crippen molar-refractivity contribution in [2.75, 3.05) is 13.1 Å². The third kappa shape index (κ3) is 5.41. The van der Waals surface area contributed by atoms with Gasteiger partial charge in [-0.15, -0.1) is 0 Å². The first kappa shape index (κ1) is 15.0. The number of aliphatic carboxylic acids is 1. The van der Waals surface area contributed by atoms with Crippen LogP contribution in [0, 0.1) is 0 Å². The Hall–Kier alpha value is -2.05. The fourth-order valence-corrected chi connectivity index (χ4v) is 1.62. The Labute approximate surface area is 112 Å². The van der Waals surface area contributed by atoms with E-state index in [4.69, 9.17) is 5.11 Å². The van der Waals surface area contributed by atoms with Crippen molar-refractivity contribution in [2.24, 2.45) is 0 Å². The number of carboxylic acids is 1. The molecule has 0 radical (unpaired) electrons. The van der Waals surface area contributed by atoms with Gasteiger partial charge in [-0.1, -0.05) is 0 Å². The van der Waals surface area contributed by atoms with Crippen LogP contribution in [-0.2, 0) is 11.3 Å². The molecule has 106 valence electrons. The van der Waals surface area contributed by atoms with Gasteiger partial charge >= 0.3 is 12.0 Å². The predicted molar refractivity (Wildman–Crippen MR) is 69.7 cm³/mol. The van der Waals surface area contributed by atoms with Crippen LogP contribution in [0.4, 0.5) is 4.79 Å². The summed E-state index contributed by atoms with van der Waals surface area (Å²) in [6.07, 6.45) is 5.12. The molecule has 0 aliphatic rings. The highest BCUT2D eigenvalue weighted by Gasteiger charge is 2.17. The zero-order valence-electron chi connectivity index (χ0n) is 11.2. The van der Waals surface area contributed by atoms with Gasteiger partial charge in [-0.2, -0.15) is 0 Å². The van der Waals surface area contributed by atoms with Crippen LogP contribution in [-0.4, -0.2) is 50.7 Å². The van der Waals surface area contributed by atoms with Gasteiger partial charge in [0, 0.05) is 38.1 Å². The maximum atomic E-state index is 11.9. The quantitative estimate of drug-likeness (QED) is 0.765. The third-order valence-electron chi connectivity index (χ3n) is 2.66. The second-order valence-electron chi connectivity index (χ2n) is 4.46. The van der Waals surface area contributed by atoms with Crippen molar-refractivity contribution in [2.45, 2.75) is 32.9 Å². The predicted octanol–water partition coefficient (Wildman–Crippen LogP) is 0.778. The lowest BCUT2D eigenvalue weighted by Gasteiger charge is -2.26. The molecule has 0 saturated carbocycles. The zero-order valence-corrected chi connectivity index (χ0v) is 11.2. The first-order chi connectivity index (χ1) is 9.00. The minimum absolute atomic E-state index is 0.0346. The van der Waals surface area contributed by atoms with E-state index in [9.17, 15) is 9.59 Å². The van der Waals surface area contributed by atoms with Gasteiger partial charge < -0.3 is 19.9 Å². The lowest BCUT2D eigenvalue weighted by molar-refractivity contribution is -0.137. The van der Waals surface area contributed by atoms with Gasteiger partial charge in [0.15, 0.2) is 0 Å². The highest BCUT2D eigenvalue weighted by atomic mass is 16.4. The van der Waals surface area contributed by atoms with Gasteiger partial charge in [-0.25, -0.2) is 9.78 Å². The summed E-state index contributed by atoms with van der Waals surface area (Å²) in [6, 6.07) is -0.274. The standard InChI is InChI=1S/C12H20N4O3/c1-10(2)16(6-3-11(17)18)12(19)14-5-8-15-7-4-13-9-15/h4,7,9-10H,3,5-6,8H2,1-2H3,(H,14,19)(H,17,18). The van der Waals surface area contributed by atoms with E-state index in [-0.39, 0.29) is 25.0 Å². The molecule has 2 N–H and O–H groups in total. The molecule has 0 aliphatic carbocycles. The van der Waals surface area contributed by atoms with E-state index in [0.717, 1.165) is 0 Å². The smallest absolute Gasteiger partial charge is 0.317 e. The lowest BCUT2D eigenvalue weighted by Crippen LogP contribution is -2.45. The Balaban J connectivity index is 2.36. The molecule has 0 bridgehead atoms. The SMILES string of the molecule is CC(C)N(CCC(=O)O)C(=O)NCCn1ccnc1. The number of rotatable bonds is 7. The molecule has 1 rings (SSSR count). The number of urea groups is 1. The average molecular weight is 268 g/mol. The summed E-state index contributed by atoms with van der Waals surface area (Å²) < 4.78 is 1.86. The van der Waals surface area contributed by atoms with Crippen LogP contribution in [0.15, 0.2) is 18.7 Å². The molecule has 0 unspecified atom stereocenters. The first-order valence-corrected chi connectivity index (χ1v) is 6.22. The summed E-state index contributed by atoms with van der Waals surface area (Å²) in [6.45, 7) is 5.04. The number of hydrogen-bond donors (Lipinski definition) is 2. The van der Waals surface area contributed by atoms with Crippen LogP contribution >= 0.6 is 0 Å². The maximum absolute atomic E-state index is 11.9. The number of aromatic nitrogens is 2. The molecule has 7 heteroatoms. The molecule has 0 fully saturated rings. The van der Waals surface area contributed by atoms with E-state index in [1.807, 2.05) is 24.6 Å². The Bertz CT molecular complexity index is 403. The number of imidazole rings is 1. The van der Waals surface area contributed by atoms with Crippen molar-refractivity contribution < 1.29 is 14.7 Å². The first-order valence-electron chi connectivity index (χ1n) is 6.22. The van der Waals surface area contributed by atoms with Crippen molar-refractivity contribution in [1.82, 2.24) is 19.8 Å². The van der Waals surface area contributed by atoms with Crippen LogP contribution in [0.2, 0.25) is 0 Å². The molecule has 2 amide bonds. The normalized spacial score (nSPS) is 10.5. The minimum Gasteiger partial charge on any atom is -0.481 e. The monoisotopic (exact) mass is 268 g/mol. The molecule has 0 aromatic carbocycles. The number of carboxylic acid groups (broad SMARTS) is 1. The van der Waals surface area contributed by atoms with Crippen molar-refractivity contribution in [3.05, 3.63) is 18.7 Å². The largest absolute Gasteiger partial charge is 0.481 e. The van der Waals surface area contributed by atoms with E-state index in [2.05, 4.69) is 10.3 Å². The van der Waals surface area contributed by atoms with Crippen LogP contribution < -0.4 is 5.32 Å². The second kappa shape index (κ2) is 7.40. The van der Waals surface area contributed by atoms with Gasteiger partial charge in [-0.05, 0) is 13.8 Å². The number of amides is 2. The van der Waals surface area contributed by atoms with E-state index >= 15 is 0 Å². The summed E-state index contributed by atoms with van der Waals surface area (Å²) in [4.78, 5) is 27.9. The highest BCUT2D eigenvalue weighted by Crippen LogP contribution is 2.00. The van der Waals surface area contributed by atoms with Crippen molar-refractivity contribution in [3.8, 4) is 0 Å². The van der Waals surface area contributed by atoms with Crippen LogP contribution in [0.25, 0.3) is 0 Å². The molecular weight excluding hydrogens is 248 g/mol. The van der Waals surface area contributed by atoms with E-state index in [1.165, 1.54) is 4.90 Å². The van der Waals surface area contributed by atoms with Crippen molar-refractivity contribution in [1.29, 1.82) is 0 Å². The zero-order chi connectivity index (χ0) is 14.3. The van der Waals surface area contributed by atoms with Crippen LogP contribution in [0.3, 0.4) is 0 Å². The molecule has 0 spiro atoms. The Kier molecular flexibility index (Phi) is 5.84. The summed E-state index contributed by atoms with van der Waals surface area (Å²) in [7, 11) is 0. The molecule has 1 aromatic heterocycles. The summed E-state index contributed by atoms with van der Waals surface area (Å²) >= 11 is 0. The number of carbonyl (C=O) groups excluding carboxylic acids is 1. The topological polar surface area (TPSA) is 87.5 Å². The number of hydrogen-bond acceptors (Lipinski definition) is 3.